The normalized spacial score (nSPS) is 22.8. The highest BCUT2D eigenvalue weighted by Crippen LogP contribution is 2.44. The fourth-order valence-corrected chi connectivity index (χ4v) is 3.42. The van der Waals surface area contributed by atoms with Gasteiger partial charge < -0.3 is 10.0 Å². The molecule has 0 spiro atoms. The quantitative estimate of drug-likeness (QED) is 0.885. The summed E-state index contributed by atoms with van der Waals surface area (Å²) in [5, 5.41) is 9.37. The minimum absolute atomic E-state index is 0.139. The van der Waals surface area contributed by atoms with Crippen molar-refractivity contribution in [3.63, 3.8) is 0 Å². The highest BCUT2D eigenvalue weighted by molar-refractivity contribution is 5.79. The van der Waals surface area contributed by atoms with Crippen LogP contribution in [0.1, 0.15) is 51.2 Å². The van der Waals surface area contributed by atoms with Crippen molar-refractivity contribution in [2.24, 2.45) is 0 Å². The number of rotatable bonds is 2. The fraction of sp³-hybridized carbons (Fsp3) is 0.562. The zero-order chi connectivity index (χ0) is 14.4. The van der Waals surface area contributed by atoms with E-state index in [4.69, 9.17) is 0 Å². The molecular weight excluding hydrogens is 238 g/mol. The van der Waals surface area contributed by atoms with E-state index in [1.807, 2.05) is 0 Å². The van der Waals surface area contributed by atoms with Crippen molar-refractivity contribution in [2.75, 3.05) is 4.90 Å². The molecule has 1 N–H and O–H groups in total. The first kappa shape index (κ1) is 13.9. The Bertz CT molecular complexity index is 507. The van der Waals surface area contributed by atoms with Gasteiger partial charge >= 0.3 is 5.97 Å². The Morgan fingerprint density at radius 3 is 2.68 bits per heavy atom. The van der Waals surface area contributed by atoms with Crippen LogP contribution in [-0.2, 0) is 4.79 Å². The van der Waals surface area contributed by atoms with E-state index in [-0.39, 0.29) is 5.54 Å². The number of hydrogen-bond donors (Lipinski definition) is 1. The molecule has 1 aliphatic rings. The number of fused-ring (bicyclic) bond motifs is 1. The van der Waals surface area contributed by atoms with E-state index < -0.39 is 12.0 Å². The molecule has 0 bridgehead atoms. The summed E-state index contributed by atoms with van der Waals surface area (Å²) in [6, 6.07) is 5.82. The molecule has 1 aromatic rings. The first-order valence-electron chi connectivity index (χ1n) is 6.87. The summed E-state index contributed by atoms with van der Waals surface area (Å²) in [5.74, 6) is -0.309. The summed E-state index contributed by atoms with van der Waals surface area (Å²) >= 11 is 0. The molecule has 1 heterocycles. The van der Waals surface area contributed by atoms with Crippen molar-refractivity contribution in [2.45, 2.75) is 58.5 Å². The van der Waals surface area contributed by atoms with E-state index in [0.29, 0.717) is 5.92 Å². The van der Waals surface area contributed by atoms with Crippen molar-refractivity contribution in [1.29, 1.82) is 0 Å². The molecule has 3 heteroatoms. The molecule has 2 atom stereocenters. The van der Waals surface area contributed by atoms with Gasteiger partial charge in [-0.2, -0.15) is 0 Å². The maximum atomic E-state index is 11.4. The van der Waals surface area contributed by atoms with E-state index in [1.165, 1.54) is 11.1 Å². The summed E-state index contributed by atoms with van der Waals surface area (Å²) in [5.41, 5.74) is 3.43. The highest BCUT2D eigenvalue weighted by Gasteiger charge is 2.40. The van der Waals surface area contributed by atoms with Crippen molar-refractivity contribution < 1.29 is 9.90 Å². The molecule has 0 unspecified atom stereocenters. The monoisotopic (exact) mass is 261 g/mol. The lowest BCUT2D eigenvalue weighted by Crippen LogP contribution is -2.55. The zero-order valence-corrected chi connectivity index (χ0v) is 12.4. The second-order valence-electron chi connectivity index (χ2n) is 6.36. The van der Waals surface area contributed by atoms with E-state index in [0.717, 1.165) is 12.1 Å². The molecule has 1 aliphatic heterocycles. The first-order valence-corrected chi connectivity index (χ1v) is 6.87. The van der Waals surface area contributed by atoms with Crippen molar-refractivity contribution >= 4 is 11.7 Å². The van der Waals surface area contributed by atoms with Gasteiger partial charge in [0.25, 0.3) is 0 Å². The van der Waals surface area contributed by atoms with Gasteiger partial charge in [0, 0.05) is 11.2 Å². The third-order valence-electron chi connectivity index (χ3n) is 4.18. The number of hydrogen-bond acceptors (Lipinski definition) is 2. The van der Waals surface area contributed by atoms with Crippen LogP contribution in [0.15, 0.2) is 18.2 Å². The molecule has 1 aromatic carbocycles. The topological polar surface area (TPSA) is 40.5 Å². The van der Waals surface area contributed by atoms with Gasteiger partial charge in [0.2, 0.25) is 0 Å². The minimum atomic E-state index is -0.769. The molecule has 0 saturated heterocycles. The Morgan fingerprint density at radius 1 is 1.47 bits per heavy atom. The molecule has 0 saturated carbocycles. The van der Waals surface area contributed by atoms with Crippen molar-refractivity contribution in [1.82, 2.24) is 0 Å². The third-order valence-corrected chi connectivity index (χ3v) is 4.18. The number of benzene rings is 1. The third kappa shape index (κ3) is 2.34. The fourth-order valence-electron chi connectivity index (χ4n) is 3.42. The summed E-state index contributed by atoms with van der Waals surface area (Å²) < 4.78 is 0. The van der Waals surface area contributed by atoms with Gasteiger partial charge in [-0.1, -0.05) is 24.6 Å². The minimum Gasteiger partial charge on any atom is -0.480 e. The number of aryl methyl sites for hydroxylation is 1. The lowest BCUT2D eigenvalue weighted by atomic mass is 9.79. The van der Waals surface area contributed by atoms with E-state index in [9.17, 15) is 9.90 Å². The molecule has 0 aliphatic carbocycles. The highest BCUT2D eigenvalue weighted by atomic mass is 16.4. The van der Waals surface area contributed by atoms with Crippen molar-refractivity contribution in [3.05, 3.63) is 29.3 Å². The van der Waals surface area contributed by atoms with Crippen LogP contribution in [0.2, 0.25) is 0 Å². The molecule has 0 aromatic heterocycles. The maximum absolute atomic E-state index is 11.4. The number of carbonyl (C=O) groups is 1. The Hall–Kier alpha value is -1.51. The summed E-state index contributed by atoms with van der Waals surface area (Å²) in [4.78, 5) is 13.5. The van der Waals surface area contributed by atoms with Crippen LogP contribution in [0.25, 0.3) is 0 Å². The average molecular weight is 261 g/mol. The predicted octanol–water partition coefficient (Wildman–Crippen LogP) is 3.56. The average Bonchev–Trinajstić information content (AvgIpc) is 2.28. The lowest BCUT2D eigenvalue weighted by Gasteiger charge is -2.49. The van der Waals surface area contributed by atoms with Gasteiger partial charge in [-0.25, -0.2) is 4.79 Å². The molecule has 0 radical (unpaired) electrons. The standard InChI is InChI=1S/C16H23NO2/c1-10-6-7-14-13(8-10)11(2)9-16(4,5)17(14)12(3)15(18)19/h6-8,11-12H,9H2,1-5H3,(H,18,19)/t11-,12-/m0/s1. The molecule has 2 rings (SSSR count). The summed E-state index contributed by atoms with van der Waals surface area (Å²) in [6.45, 7) is 10.3. The van der Waals surface area contributed by atoms with Crippen molar-refractivity contribution in [3.8, 4) is 0 Å². The van der Waals surface area contributed by atoms with Gasteiger partial charge in [-0.15, -0.1) is 0 Å². The summed E-state index contributed by atoms with van der Waals surface area (Å²) in [6.07, 6.45) is 0.973. The van der Waals surface area contributed by atoms with Gasteiger partial charge in [0.15, 0.2) is 0 Å². The van der Waals surface area contributed by atoms with Crippen LogP contribution in [0.4, 0.5) is 5.69 Å². The number of nitrogens with zero attached hydrogens (tertiary/aromatic N) is 1. The Labute approximate surface area is 115 Å². The van der Waals surface area contributed by atoms with Gasteiger partial charge in [-0.3, -0.25) is 0 Å². The van der Waals surface area contributed by atoms with E-state index >= 15 is 0 Å². The van der Waals surface area contributed by atoms with Crippen LogP contribution in [0.3, 0.4) is 0 Å². The van der Waals surface area contributed by atoms with Crippen LogP contribution in [0.5, 0.6) is 0 Å². The molecular formula is C16H23NO2. The number of anilines is 1. The van der Waals surface area contributed by atoms with Crippen LogP contribution >= 0.6 is 0 Å². The van der Waals surface area contributed by atoms with Gasteiger partial charge in [0.1, 0.15) is 6.04 Å². The smallest absolute Gasteiger partial charge is 0.326 e. The largest absolute Gasteiger partial charge is 0.480 e. The number of carboxylic acid groups (broad SMARTS) is 1. The molecule has 0 amide bonds. The Kier molecular flexibility index (Phi) is 3.33. The van der Waals surface area contributed by atoms with Gasteiger partial charge in [-0.05, 0) is 51.7 Å². The van der Waals surface area contributed by atoms with Gasteiger partial charge in [0.05, 0.1) is 0 Å². The molecule has 0 fully saturated rings. The number of aliphatic carboxylic acids is 1. The summed E-state index contributed by atoms with van der Waals surface area (Å²) in [7, 11) is 0. The molecule has 3 nitrogen and oxygen atoms in total. The Morgan fingerprint density at radius 2 is 2.11 bits per heavy atom. The molecule has 104 valence electrons. The SMILES string of the molecule is Cc1ccc2c(c1)[C@@H](C)CC(C)(C)N2[C@@H](C)C(=O)O. The number of carboxylic acids is 1. The second kappa shape index (κ2) is 4.55. The molecule has 19 heavy (non-hydrogen) atoms. The second-order valence-corrected chi connectivity index (χ2v) is 6.36. The van der Waals surface area contributed by atoms with Crippen LogP contribution in [0, 0.1) is 6.92 Å². The van der Waals surface area contributed by atoms with Crippen LogP contribution in [-0.4, -0.2) is 22.7 Å². The lowest BCUT2D eigenvalue weighted by molar-refractivity contribution is -0.138. The Balaban J connectivity index is 2.58. The van der Waals surface area contributed by atoms with E-state index in [1.54, 1.807) is 6.92 Å². The van der Waals surface area contributed by atoms with Crippen LogP contribution < -0.4 is 4.90 Å². The zero-order valence-electron chi connectivity index (χ0n) is 12.4. The predicted molar refractivity (Wildman–Crippen MR) is 77.9 cm³/mol. The first-order chi connectivity index (χ1) is 8.74. The maximum Gasteiger partial charge on any atom is 0.326 e. The van der Waals surface area contributed by atoms with E-state index in [2.05, 4.69) is 50.8 Å².